The van der Waals surface area contributed by atoms with Gasteiger partial charge in [-0.2, -0.15) is 5.26 Å². The molecule has 0 spiro atoms. The van der Waals surface area contributed by atoms with Crippen LogP contribution in [-0.2, 0) is 0 Å². The Morgan fingerprint density at radius 3 is 3.12 bits per heavy atom. The summed E-state index contributed by atoms with van der Waals surface area (Å²) >= 11 is 0. The van der Waals surface area contributed by atoms with Crippen molar-refractivity contribution in [3.63, 3.8) is 0 Å². The van der Waals surface area contributed by atoms with Crippen molar-refractivity contribution in [1.82, 2.24) is 4.72 Å². The maximum absolute atomic E-state index is 8.03. The van der Waals surface area contributed by atoms with Gasteiger partial charge in [-0.1, -0.05) is 10.8 Å². The second kappa shape index (κ2) is 7.15. The third kappa shape index (κ3) is 6.15. The molecule has 1 radical (unpaired) electrons. The third-order valence-corrected chi connectivity index (χ3v) is 1.63. The lowest BCUT2D eigenvalue weighted by atomic mass is 10.5. The van der Waals surface area contributed by atoms with Crippen molar-refractivity contribution in [2.24, 2.45) is 0 Å². The Kier molecular flexibility index (Phi) is 7.28. The molecule has 0 heterocycles. The molecule has 2 nitrogen and oxygen atoms in total. The summed E-state index contributed by atoms with van der Waals surface area (Å²) in [4.78, 5) is 0. The summed E-state index contributed by atoms with van der Waals surface area (Å²) in [6.45, 7) is 1.72. The second-order valence-electron chi connectivity index (χ2n) is 0.934. The highest BCUT2D eigenvalue weighted by Crippen LogP contribution is 2.11. The summed E-state index contributed by atoms with van der Waals surface area (Å²) in [5.74, 6) is 0. The Bertz CT molecular complexity index is 78.6. The molecule has 0 aliphatic rings. The summed E-state index contributed by atoms with van der Waals surface area (Å²) in [7, 11) is 3.13. The van der Waals surface area contributed by atoms with Crippen LogP contribution in [0.25, 0.3) is 0 Å². The molecule has 0 saturated heterocycles. The van der Waals surface area contributed by atoms with Crippen molar-refractivity contribution in [1.29, 1.82) is 5.26 Å². The van der Waals surface area contributed by atoms with E-state index in [2.05, 4.69) is 4.72 Å². The van der Waals surface area contributed by atoms with Gasteiger partial charge in [-0.05, 0) is 17.2 Å². The zero-order valence-corrected chi connectivity index (χ0v) is 6.18. The highest BCUT2D eigenvalue weighted by molar-refractivity contribution is 8.75. The molecular formula is C4H7N2S2. The molecule has 0 aromatic rings. The van der Waals surface area contributed by atoms with Crippen LogP contribution in [0.3, 0.4) is 0 Å². The van der Waals surface area contributed by atoms with E-state index in [1.807, 2.05) is 12.3 Å². The molecule has 0 fully saturated rings. The fraction of sp³-hybridized carbons (Fsp3) is 0.500. The number of rotatable bonds is 4. The molecule has 0 amide bonds. The minimum absolute atomic E-state index is 0.466. The Hall–Kier alpha value is 0.150. The molecular weight excluding hydrogens is 140 g/mol. The standard InChI is InChI=1S/C4H7N2S2/c1-7-8-6-4-2-3-5/h4,6H,2H2,1H3. The minimum Gasteiger partial charge on any atom is -0.249 e. The van der Waals surface area contributed by atoms with Crippen LogP contribution in [0.2, 0.25) is 0 Å². The normalized spacial score (nSPS) is 8.50. The molecule has 0 aliphatic carbocycles. The minimum atomic E-state index is 0.466. The van der Waals surface area contributed by atoms with Gasteiger partial charge in [0.2, 0.25) is 0 Å². The zero-order valence-electron chi connectivity index (χ0n) is 4.55. The monoisotopic (exact) mass is 147 g/mol. The molecule has 0 aromatic carbocycles. The first-order chi connectivity index (χ1) is 3.91. The number of hydrogen-bond acceptors (Lipinski definition) is 4. The average Bonchev–Trinajstić information content (AvgIpc) is 1.81. The van der Waals surface area contributed by atoms with Gasteiger partial charge in [-0.25, -0.2) is 4.72 Å². The van der Waals surface area contributed by atoms with Gasteiger partial charge in [0.15, 0.2) is 0 Å². The topological polar surface area (TPSA) is 35.8 Å². The summed E-state index contributed by atoms with van der Waals surface area (Å²) in [6, 6.07) is 1.99. The molecule has 1 N–H and O–H groups in total. The highest BCUT2D eigenvalue weighted by atomic mass is 33.1. The number of nitrogens with one attached hydrogen (secondary N) is 1. The summed E-state index contributed by atoms with van der Waals surface area (Å²) in [5, 5.41) is 8.03. The lowest BCUT2D eigenvalue weighted by Gasteiger charge is -1.92. The van der Waals surface area contributed by atoms with E-state index in [0.29, 0.717) is 6.42 Å². The van der Waals surface area contributed by atoms with Crippen molar-refractivity contribution >= 4 is 21.8 Å². The second-order valence-corrected chi connectivity index (χ2v) is 3.17. The molecule has 8 heavy (non-hydrogen) atoms. The van der Waals surface area contributed by atoms with E-state index in [9.17, 15) is 0 Å². The molecule has 0 atom stereocenters. The van der Waals surface area contributed by atoms with E-state index >= 15 is 0 Å². The van der Waals surface area contributed by atoms with Crippen LogP contribution >= 0.6 is 21.8 Å². The molecule has 0 aliphatic heterocycles. The fourth-order valence-electron chi connectivity index (χ4n) is 0.169. The van der Waals surface area contributed by atoms with Crippen LogP contribution in [0, 0.1) is 17.9 Å². The SMILES string of the molecule is CSSN[CH]CC#N. The van der Waals surface area contributed by atoms with Crippen molar-refractivity contribution in [2.45, 2.75) is 6.42 Å². The van der Waals surface area contributed by atoms with Gasteiger partial charge in [-0.3, -0.25) is 0 Å². The molecule has 0 unspecified atom stereocenters. The molecule has 0 saturated carbocycles. The van der Waals surface area contributed by atoms with Crippen LogP contribution in [0.4, 0.5) is 0 Å². The Morgan fingerprint density at radius 1 is 1.88 bits per heavy atom. The van der Waals surface area contributed by atoms with Crippen LogP contribution in [0.1, 0.15) is 6.42 Å². The fourth-order valence-corrected chi connectivity index (χ4v) is 0.910. The van der Waals surface area contributed by atoms with Crippen LogP contribution in [0.15, 0.2) is 0 Å². The van der Waals surface area contributed by atoms with Gasteiger partial charge in [0.25, 0.3) is 0 Å². The third-order valence-electron chi connectivity index (χ3n) is 0.408. The number of hydrogen-bond donors (Lipinski definition) is 1. The Balaban J connectivity index is 2.65. The van der Waals surface area contributed by atoms with Crippen molar-refractivity contribution in [3.8, 4) is 6.07 Å². The van der Waals surface area contributed by atoms with Crippen molar-refractivity contribution < 1.29 is 0 Å². The van der Waals surface area contributed by atoms with E-state index in [4.69, 9.17) is 5.26 Å². The first kappa shape index (κ1) is 8.15. The van der Waals surface area contributed by atoms with Crippen LogP contribution in [0.5, 0.6) is 0 Å². The maximum Gasteiger partial charge on any atom is 0.0639 e. The molecule has 0 rings (SSSR count). The van der Waals surface area contributed by atoms with Crippen molar-refractivity contribution in [3.05, 3.63) is 6.54 Å². The summed E-state index contributed by atoms with van der Waals surface area (Å²) in [5.41, 5.74) is 0. The van der Waals surface area contributed by atoms with Gasteiger partial charge in [0, 0.05) is 6.54 Å². The van der Waals surface area contributed by atoms with Crippen LogP contribution < -0.4 is 4.72 Å². The van der Waals surface area contributed by atoms with Gasteiger partial charge in [-0.15, -0.1) is 0 Å². The largest absolute Gasteiger partial charge is 0.249 e. The smallest absolute Gasteiger partial charge is 0.0639 e. The highest BCUT2D eigenvalue weighted by Gasteiger charge is 1.82. The van der Waals surface area contributed by atoms with Gasteiger partial charge >= 0.3 is 0 Å². The maximum atomic E-state index is 8.03. The summed E-state index contributed by atoms with van der Waals surface area (Å²) < 4.78 is 2.87. The van der Waals surface area contributed by atoms with Gasteiger partial charge < -0.3 is 0 Å². The van der Waals surface area contributed by atoms with Gasteiger partial charge in [0.1, 0.15) is 0 Å². The van der Waals surface area contributed by atoms with E-state index in [1.165, 1.54) is 11.0 Å². The van der Waals surface area contributed by atoms with Crippen LogP contribution in [-0.4, -0.2) is 6.26 Å². The Labute approximate surface area is 57.6 Å². The number of nitriles is 1. The average molecular weight is 147 g/mol. The summed E-state index contributed by atoms with van der Waals surface area (Å²) in [6.07, 6.45) is 2.44. The lowest BCUT2D eigenvalue weighted by molar-refractivity contribution is 1.10. The quantitative estimate of drug-likeness (QED) is 0.372. The van der Waals surface area contributed by atoms with E-state index < -0.39 is 0 Å². The van der Waals surface area contributed by atoms with Gasteiger partial charge in [0.05, 0.1) is 12.5 Å². The molecule has 0 bridgehead atoms. The molecule has 45 valence electrons. The molecule has 0 aromatic heterocycles. The lowest BCUT2D eigenvalue weighted by Crippen LogP contribution is -1.93. The van der Waals surface area contributed by atoms with E-state index in [-0.39, 0.29) is 0 Å². The predicted molar refractivity (Wildman–Crippen MR) is 38.8 cm³/mol. The molecule has 4 heteroatoms. The van der Waals surface area contributed by atoms with E-state index in [0.717, 1.165) is 0 Å². The number of nitrogens with zero attached hydrogens (tertiary/aromatic N) is 1. The predicted octanol–water partition coefficient (Wildman–Crippen LogP) is 1.58. The first-order valence-corrected chi connectivity index (χ1v) is 4.61. The Morgan fingerprint density at radius 2 is 2.62 bits per heavy atom. The zero-order chi connectivity index (χ0) is 6.24. The van der Waals surface area contributed by atoms with Crippen molar-refractivity contribution in [2.75, 3.05) is 6.26 Å². The van der Waals surface area contributed by atoms with E-state index in [1.54, 1.807) is 17.3 Å². The first-order valence-electron chi connectivity index (χ1n) is 2.05.